The Bertz CT molecular complexity index is 818. The Morgan fingerprint density at radius 2 is 1.26 bits per heavy atom. The van der Waals surface area contributed by atoms with Gasteiger partial charge in [0.15, 0.2) is 11.4 Å². The van der Waals surface area contributed by atoms with Gasteiger partial charge in [0.25, 0.3) is 0 Å². The zero-order valence-electron chi connectivity index (χ0n) is 21.1. The van der Waals surface area contributed by atoms with E-state index in [-0.39, 0.29) is 24.6 Å². The summed E-state index contributed by atoms with van der Waals surface area (Å²) in [5.74, 6) is -0.459. The quantitative estimate of drug-likeness (QED) is 0.129. The molecule has 0 heterocycles. The van der Waals surface area contributed by atoms with E-state index in [2.05, 4.69) is 6.92 Å². The van der Waals surface area contributed by atoms with Crippen LogP contribution in [0.3, 0.4) is 0 Å². The lowest BCUT2D eigenvalue weighted by Crippen LogP contribution is -2.40. The topological polar surface area (TPSA) is 52.6 Å². The minimum atomic E-state index is -1.21. The zero-order chi connectivity index (χ0) is 24.5. The van der Waals surface area contributed by atoms with Crippen molar-refractivity contribution in [1.82, 2.24) is 0 Å². The predicted molar refractivity (Wildman–Crippen MR) is 138 cm³/mol. The van der Waals surface area contributed by atoms with Gasteiger partial charge in [-0.1, -0.05) is 125 Å². The average Bonchev–Trinajstić information content (AvgIpc) is 2.89. The van der Waals surface area contributed by atoms with E-state index in [0.717, 1.165) is 18.4 Å². The second-order valence-corrected chi connectivity index (χ2v) is 8.99. The number of rotatable bonds is 18. The van der Waals surface area contributed by atoms with Crippen LogP contribution in [0.1, 0.15) is 99.9 Å². The lowest BCUT2D eigenvalue weighted by Gasteiger charge is -2.33. The summed E-state index contributed by atoms with van der Waals surface area (Å²) in [5, 5.41) is 0. The highest BCUT2D eigenvalue weighted by Gasteiger charge is 2.42. The smallest absolute Gasteiger partial charge is 0.305 e. The van der Waals surface area contributed by atoms with E-state index in [1.807, 2.05) is 60.7 Å². The van der Waals surface area contributed by atoms with Gasteiger partial charge in [0.05, 0.1) is 7.11 Å². The van der Waals surface area contributed by atoms with Crippen LogP contribution in [0.4, 0.5) is 0 Å². The van der Waals surface area contributed by atoms with Crippen LogP contribution in [0.2, 0.25) is 0 Å². The Morgan fingerprint density at radius 1 is 0.735 bits per heavy atom. The molecule has 1 atom stereocenters. The van der Waals surface area contributed by atoms with E-state index in [4.69, 9.17) is 9.47 Å². The lowest BCUT2D eigenvalue weighted by molar-refractivity contribution is -0.142. The number of carbonyl (C=O) groups is 2. The molecule has 2 aromatic rings. The molecule has 1 unspecified atom stereocenters. The first-order valence-electron chi connectivity index (χ1n) is 13.0. The molecule has 0 saturated heterocycles. The molecule has 0 aliphatic rings. The van der Waals surface area contributed by atoms with E-state index >= 15 is 0 Å². The van der Waals surface area contributed by atoms with E-state index in [1.54, 1.807) is 0 Å². The number of carbonyl (C=O) groups excluding carboxylic acids is 2. The number of Topliss-reactive ketones (excluding diaryl/α,β-unsaturated/α-hetero) is 1. The van der Waals surface area contributed by atoms with Crippen LogP contribution in [-0.2, 0) is 19.9 Å². The fourth-order valence-corrected chi connectivity index (χ4v) is 4.36. The van der Waals surface area contributed by atoms with Crippen molar-refractivity contribution in [1.29, 1.82) is 0 Å². The standard InChI is InChI=1S/C30H42O4/c1-3-4-5-6-7-8-9-10-11-18-25-34-30(24-23-28(31)33-2,27-21-16-13-17-22-27)29(32)26-19-14-12-15-20-26/h12-17,19-22H,3-11,18,23-25H2,1-2H3. The van der Waals surface area contributed by atoms with E-state index in [9.17, 15) is 9.59 Å². The van der Waals surface area contributed by atoms with Gasteiger partial charge in [0, 0.05) is 18.6 Å². The molecule has 0 aromatic heterocycles. The van der Waals surface area contributed by atoms with Crippen molar-refractivity contribution in [3.8, 4) is 0 Å². The van der Waals surface area contributed by atoms with Crippen molar-refractivity contribution in [3.63, 3.8) is 0 Å². The maximum Gasteiger partial charge on any atom is 0.305 e. The molecule has 4 nitrogen and oxygen atoms in total. The van der Waals surface area contributed by atoms with Gasteiger partial charge in [-0.05, 0) is 18.4 Å². The SMILES string of the molecule is CCCCCCCCCCCCOC(CCC(=O)OC)(C(=O)c1ccccc1)c1ccccc1. The highest BCUT2D eigenvalue weighted by Crippen LogP contribution is 2.35. The van der Waals surface area contributed by atoms with Gasteiger partial charge < -0.3 is 9.47 Å². The Balaban J connectivity index is 2.03. The number of hydrogen-bond acceptors (Lipinski definition) is 4. The number of ether oxygens (including phenoxy) is 2. The maximum absolute atomic E-state index is 13.8. The monoisotopic (exact) mass is 466 g/mol. The van der Waals surface area contributed by atoms with Crippen LogP contribution < -0.4 is 0 Å². The van der Waals surface area contributed by atoms with Crippen LogP contribution in [0.15, 0.2) is 60.7 Å². The lowest BCUT2D eigenvalue weighted by atomic mass is 9.82. The van der Waals surface area contributed by atoms with Crippen molar-refractivity contribution in [3.05, 3.63) is 71.8 Å². The molecule has 0 saturated carbocycles. The first kappa shape index (κ1) is 27.8. The van der Waals surface area contributed by atoms with Gasteiger partial charge in [-0.15, -0.1) is 0 Å². The zero-order valence-corrected chi connectivity index (χ0v) is 21.1. The van der Waals surface area contributed by atoms with Gasteiger partial charge in [0.2, 0.25) is 0 Å². The molecule has 4 heteroatoms. The summed E-state index contributed by atoms with van der Waals surface area (Å²) >= 11 is 0. The molecule has 0 aliphatic carbocycles. The Hall–Kier alpha value is -2.46. The third-order valence-electron chi connectivity index (χ3n) is 6.40. The van der Waals surface area contributed by atoms with Crippen molar-refractivity contribution in [2.24, 2.45) is 0 Å². The molecule has 0 aliphatic heterocycles. The summed E-state index contributed by atoms with van der Waals surface area (Å²) in [5.41, 5.74) is 0.148. The molecule has 186 valence electrons. The first-order valence-corrected chi connectivity index (χ1v) is 13.0. The first-order chi connectivity index (χ1) is 16.6. The second kappa shape index (κ2) is 16.2. The summed E-state index contributed by atoms with van der Waals surface area (Å²) in [6.07, 6.45) is 12.7. The van der Waals surface area contributed by atoms with Crippen molar-refractivity contribution in [2.45, 2.75) is 89.6 Å². The van der Waals surface area contributed by atoms with Gasteiger partial charge in [-0.25, -0.2) is 0 Å². The molecule has 2 aromatic carbocycles. The molecular weight excluding hydrogens is 424 g/mol. The highest BCUT2D eigenvalue weighted by molar-refractivity contribution is 6.03. The van der Waals surface area contributed by atoms with Crippen LogP contribution >= 0.6 is 0 Å². The average molecular weight is 467 g/mol. The third-order valence-corrected chi connectivity index (χ3v) is 6.40. The Kier molecular flexibility index (Phi) is 13.2. The highest BCUT2D eigenvalue weighted by atomic mass is 16.5. The number of methoxy groups -OCH3 is 1. The maximum atomic E-state index is 13.8. The molecule has 0 N–H and O–H groups in total. The summed E-state index contributed by atoms with van der Waals surface area (Å²) in [4.78, 5) is 25.8. The molecule has 0 amide bonds. The predicted octanol–water partition coefficient (Wildman–Crippen LogP) is 7.66. The van der Waals surface area contributed by atoms with E-state index in [0.29, 0.717) is 12.2 Å². The molecule has 0 bridgehead atoms. The Labute approximate surface area is 206 Å². The molecule has 2 rings (SSSR count). The normalized spacial score (nSPS) is 12.8. The molecule has 0 fully saturated rings. The summed E-state index contributed by atoms with van der Waals surface area (Å²) < 4.78 is 11.3. The van der Waals surface area contributed by atoms with Crippen molar-refractivity contribution in [2.75, 3.05) is 13.7 Å². The van der Waals surface area contributed by atoms with Crippen LogP contribution in [0.5, 0.6) is 0 Å². The fraction of sp³-hybridized carbons (Fsp3) is 0.533. The van der Waals surface area contributed by atoms with E-state index in [1.165, 1.54) is 58.5 Å². The van der Waals surface area contributed by atoms with Crippen molar-refractivity contribution < 1.29 is 19.1 Å². The number of hydrogen-bond donors (Lipinski definition) is 0. The number of ketones is 1. The van der Waals surface area contributed by atoms with Gasteiger partial charge >= 0.3 is 5.97 Å². The molecule has 0 radical (unpaired) electrons. The fourth-order valence-electron chi connectivity index (χ4n) is 4.36. The van der Waals surface area contributed by atoms with Crippen LogP contribution in [0.25, 0.3) is 0 Å². The number of benzene rings is 2. The minimum absolute atomic E-state index is 0.113. The minimum Gasteiger partial charge on any atom is -0.469 e. The number of unbranched alkanes of at least 4 members (excludes halogenated alkanes) is 9. The van der Waals surface area contributed by atoms with Crippen LogP contribution in [-0.4, -0.2) is 25.5 Å². The van der Waals surface area contributed by atoms with Gasteiger partial charge in [-0.2, -0.15) is 0 Å². The number of esters is 1. The van der Waals surface area contributed by atoms with E-state index < -0.39 is 5.60 Å². The molecule has 34 heavy (non-hydrogen) atoms. The van der Waals surface area contributed by atoms with Crippen molar-refractivity contribution >= 4 is 11.8 Å². The second-order valence-electron chi connectivity index (χ2n) is 8.99. The molecular formula is C30H42O4. The summed E-state index contributed by atoms with van der Waals surface area (Å²) in [7, 11) is 1.37. The Morgan fingerprint density at radius 3 is 1.82 bits per heavy atom. The summed E-state index contributed by atoms with van der Waals surface area (Å²) in [6.45, 7) is 2.72. The molecule has 0 spiro atoms. The van der Waals surface area contributed by atoms with Crippen LogP contribution in [0, 0.1) is 0 Å². The summed E-state index contributed by atoms with van der Waals surface area (Å²) in [6, 6.07) is 18.8. The van der Waals surface area contributed by atoms with Gasteiger partial charge in [0.1, 0.15) is 0 Å². The van der Waals surface area contributed by atoms with Gasteiger partial charge in [-0.3, -0.25) is 9.59 Å². The largest absolute Gasteiger partial charge is 0.469 e. The third kappa shape index (κ3) is 9.06.